The van der Waals surface area contributed by atoms with E-state index in [0.29, 0.717) is 0 Å². The van der Waals surface area contributed by atoms with Gasteiger partial charge in [0.05, 0.1) is 5.69 Å². The highest BCUT2D eigenvalue weighted by atomic mass is 16.4. The van der Waals surface area contributed by atoms with Crippen LogP contribution in [0.15, 0.2) is 18.3 Å². The maximum atomic E-state index is 9.77. The first kappa shape index (κ1) is 17.0. The van der Waals surface area contributed by atoms with Crippen molar-refractivity contribution in [2.45, 2.75) is 37.5 Å². The highest BCUT2D eigenvalue weighted by molar-refractivity contribution is 5.83. The Labute approximate surface area is 120 Å². The van der Waals surface area contributed by atoms with Crippen LogP contribution in [0, 0.1) is 0 Å². The van der Waals surface area contributed by atoms with Crippen LogP contribution < -0.4 is 5.73 Å². The number of aromatic nitrogens is 1. The number of carboxylic acids is 2. The quantitative estimate of drug-likeness (QED) is 0.490. The number of hydrogen-bond acceptors (Lipinski definition) is 6. The van der Waals surface area contributed by atoms with Crippen LogP contribution in [0.5, 0.6) is 0 Å². The van der Waals surface area contributed by atoms with Crippen molar-refractivity contribution in [3.8, 4) is 0 Å². The van der Waals surface area contributed by atoms with E-state index in [1.807, 2.05) is 12.3 Å². The van der Waals surface area contributed by atoms with Crippen molar-refractivity contribution >= 4 is 11.9 Å². The maximum Gasteiger partial charge on any atom is 0.335 e. The van der Waals surface area contributed by atoms with Crippen LogP contribution in [0.2, 0.25) is 0 Å². The van der Waals surface area contributed by atoms with E-state index in [1.165, 1.54) is 12.0 Å². The van der Waals surface area contributed by atoms with Crippen molar-refractivity contribution in [3.05, 3.63) is 29.6 Å². The molecular weight excluding hydrogens is 280 g/mol. The Balaban J connectivity index is 0.000000212. The lowest BCUT2D eigenvalue weighted by Gasteiger charge is -2.19. The van der Waals surface area contributed by atoms with Crippen molar-refractivity contribution in [2.75, 3.05) is 0 Å². The molecule has 21 heavy (non-hydrogen) atoms. The second kappa shape index (κ2) is 7.67. The second-order valence-corrected chi connectivity index (χ2v) is 4.61. The van der Waals surface area contributed by atoms with Gasteiger partial charge < -0.3 is 26.2 Å². The number of aliphatic carboxylic acids is 2. The molecular formula is C13H18N2O6. The van der Waals surface area contributed by atoms with Gasteiger partial charge in [-0.25, -0.2) is 9.59 Å². The number of pyridine rings is 1. The van der Waals surface area contributed by atoms with Crippen molar-refractivity contribution in [1.82, 2.24) is 4.98 Å². The average Bonchev–Trinajstić information content (AvgIpc) is 2.46. The largest absolute Gasteiger partial charge is 0.479 e. The standard InChI is InChI=1S/C9H12N2.C4H6O6/c10-8-5-1-3-7-4-2-6-11-9(7)8;5-1(3(7)8)2(6)4(9)10/h2,4,6,8H,1,3,5,10H2;1-2,5-6H,(H,7,8)(H,9,10)/t;1-,2-/m.0/s1. The predicted octanol–water partition coefficient (Wildman–Crippen LogP) is -0.705. The molecule has 0 bridgehead atoms. The first-order chi connectivity index (χ1) is 9.84. The van der Waals surface area contributed by atoms with E-state index in [0.717, 1.165) is 18.5 Å². The third-order valence-corrected chi connectivity index (χ3v) is 3.04. The van der Waals surface area contributed by atoms with Crippen LogP contribution in [-0.2, 0) is 16.0 Å². The molecule has 3 atom stereocenters. The number of hydrogen-bond donors (Lipinski definition) is 5. The molecule has 116 valence electrons. The van der Waals surface area contributed by atoms with Crippen LogP contribution in [0.3, 0.4) is 0 Å². The predicted molar refractivity (Wildman–Crippen MR) is 71.4 cm³/mol. The summed E-state index contributed by atoms with van der Waals surface area (Å²) >= 11 is 0. The maximum absolute atomic E-state index is 9.77. The van der Waals surface area contributed by atoms with Gasteiger partial charge in [-0.2, -0.15) is 0 Å². The van der Waals surface area contributed by atoms with E-state index in [9.17, 15) is 9.59 Å². The molecule has 8 nitrogen and oxygen atoms in total. The van der Waals surface area contributed by atoms with Crippen molar-refractivity contribution < 1.29 is 30.0 Å². The minimum absolute atomic E-state index is 0.181. The third-order valence-electron chi connectivity index (χ3n) is 3.04. The summed E-state index contributed by atoms with van der Waals surface area (Å²) in [6.07, 6.45) is 0.736. The van der Waals surface area contributed by atoms with Gasteiger partial charge in [-0.1, -0.05) is 6.07 Å². The first-order valence-electron chi connectivity index (χ1n) is 6.35. The number of fused-ring (bicyclic) bond motifs is 1. The van der Waals surface area contributed by atoms with E-state index >= 15 is 0 Å². The van der Waals surface area contributed by atoms with Crippen LogP contribution in [0.1, 0.15) is 30.1 Å². The number of nitrogens with two attached hydrogens (primary N) is 1. The number of carboxylic acid groups (broad SMARTS) is 2. The molecule has 1 aromatic heterocycles. The highest BCUT2D eigenvalue weighted by Crippen LogP contribution is 2.24. The van der Waals surface area contributed by atoms with Crippen LogP contribution in [-0.4, -0.2) is 49.6 Å². The molecule has 0 fully saturated rings. The van der Waals surface area contributed by atoms with Gasteiger partial charge in [-0.05, 0) is 30.9 Å². The summed E-state index contributed by atoms with van der Waals surface area (Å²) in [6, 6.07) is 4.29. The minimum atomic E-state index is -2.27. The molecule has 8 heteroatoms. The molecule has 1 aliphatic rings. The van der Waals surface area contributed by atoms with E-state index in [2.05, 4.69) is 11.1 Å². The molecule has 0 aromatic carbocycles. The molecule has 1 heterocycles. The Morgan fingerprint density at radius 3 is 2.29 bits per heavy atom. The molecule has 0 amide bonds. The summed E-state index contributed by atoms with van der Waals surface area (Å²) in [5, 5.41) is 32.5. The number of nitrogens with zero attached hydrogens (tertiary/aromatic N) is 1. The average molecular weight is 298 g/mol. The highest BCUT2D eigenvalue weighted by Gasteiger charge is 2.29. The third kappa shape index (κ3) is 4.78. The van der Waals surface area contributed by atoms with E-state index < -0.39 is 24.1 Å². The minimum Gasteiger partial charge on any atom is -0.479 e. The normalized spacial score (nSPS) is 19.5. The fourth-order valence-electron chi connectivity index (χ4n) is 1.92. The van der Waals surface area contributed by atoms with Gasteiger partial charge in [0.25, 0.3) is 0 Å². The Morgan fingerprint density at radius 1 is 1.24 bits per heavy atom. The molecule has 6 N–H and O–H groups in total. The monoisotopic (exact) mass is 298 g/mol. The van der Waals surface area contributed by atoms with Crippen LogP contribution in [0.25, 0.3) is 0 Å². The van der Waals surface area contributed by atoms with Gasteiger partial charge in [0.2, 0.25) is 0 Å². The lowest BCUT2D eigenvalue weighted by Crippen LogP contribution is -2.39. The van der Waals surface area contributed by atoms with Gasteiger partial charge >= 0.3 is 11.9 Å². The molecule has 0 spiro atoms. The Hall–Kier alpha value is -2.03. The molecule has 1 unspecified atom stereocenters. The lowest BCUT2D eigenvalue weighted by molar-refractivity contribution is -0.165. The molecule has 0 radical (unpaired) electrons. The summed E-state index contributed by atoms with van der Waals surface area (Å²) in [6.45, 7) is 0. The first-order valence-corrected chi connectivity index (χ1v) is 6.35. The van der Waals surface area contributed by atoms with Crippen LogP contribution in [0.4, 0.5) is 0 Å². The summed E-state index contributed by atoms with van der Waals surface area (Å²) in [4.78, 5) is 23.8. The zero-order chi connectivity index (χ0) is 16.0. The van der Waals surface area contributed by atoms with Crippen molar-refractivity contribution in [2.24, 2.45) is 5.73 Å². The number of rotatable bonds is 3. The summed E-state index contributed by atoms with van der Waals surface area (Å²) in [5.41, 5.74) is 8.33. The Bertz CT molecular complexity index is 489. The molecule has 0 saturated heterocycles. The van der Waals surface area contributed by atoms with E-state index in [1.54, 1.807) is 0 Å². The second-order valence-electron chi connectivity index (χ2n) is 4.61. The summed E-state index contributed by atoms with van der Waals surface area (Å²) in [5.74, 6) is -3.54. The van der Waals surface area contributed by atoms with Crippen molar-refractivity contribution in [3.63, 3.8) is 0 Å². The molecule has 0 saturated carbocycles. The van der Waals surface area contributed by atoms with Gasteiger partial charge in [0.1, 0.15) is 0 Å². The number of aliphatic hydroxyl groups is 2. The number of aliphatic hydroxyl groups excluding tert-OH is 2. The topological polar surface area (TPSA) is 154 Å². The zero-order valence-electron chi connectivity index (χ0n) is 11.2. The van der Waals surface area contributed by atoms with Crippen molar-refractivity contribution in [1.29, 1.82) is 0 Å². The lowest BCUT2D eigenvalue weighted by atomic mass is 9.93. The summed E-state index contributed by atoms with van der Waals surface area (Å²) in [7, 11) is 0. The SMILES string of the molecule is NC1CCCc2cccnc21.O=C(O)[C@@H](O)[C@H](O)C(=O)O. The fraction of sp³-hybridized carbons (Fsp3) is 0.462. The van der Waals surface area contributed by atoms with Crippen LogP contribution >= 0.6 is 0 Å². The molecule has 0 aliphatic heterocycles. The Kier molecular flexibility index (Phi) is 6.22. The number of aryl methyl sites for hydroxylation is 1. The zero-order valence-corrected chi connectivity index (χ0v) is 11.2. The van der Waals surface area contributed by atoms with Gasteiger partial charge in [-0.3, -0.25) is 4.98 Å². The molecule has 2 rings (SSSR count). The Morgan fingerprint density at radius 2 is 1.81 bits per heavy atom. The molecule has 1 aliphatic carbocycles. The van der Waals surface area contributed by atoms with Gasteiger partial charge in [-0.15, -0.1) is 0 Å². The fourth-order valence-corrected chi connectivity index (χ4v) is 1.92. The van der Waals surface area contributed by atoms with E-state index in [-0.39, 0.29) is 6.04 Å². The smallest absolute Gasteiger partial charge is 0.335 e. The molecule has 1 aromatic rings. The number of carbonyl (C=O) groups is 2. The van der Waals surface area contributed by atoms with E-state index in [4.69, 9.17) is 26.2 Å². The summed E-state index contributed by atoms with van der Waals surface area (Å²) < 4.78 is 0. The van der Waals surface area contributed by atoms with Gasteiger partial charge in [0, 0.05) is 12.2 Å². The van der Waals surface area contributed by atoms with Gasteiger partial charge in [0.15, 0.2) is 12.2 Å².